The van der Waals surface area contributed by atoms with Crippen LogP contribution in [0, 0.1) is 0 Å². The Morgan fingerprint density at radius 3 is 2.59 bits per heavy atom. The molecular weight excluding hydrogens is 292 g/mol. The number of hydrogen-bond donors (Lipinski definition) is 1. The molecule has 22 heavy (non-hydrogen) atoms. The first-order valence-electron chi connectivity index (χ1n) is 7.50. The Morgan fingerprint density at radius 1 is 1.14 bits per heavy atom. The second-order valence-corrected chi connectivity index (χ2v) is 6.66. The number of rotatable bonds is 3. The maximum Gasteiger partial charge on any atom is 0.227 e. The quantitative estimate of drug-likeness (QED) is 0.886. The number of thioether (sulfide) groups is 1. The number of benzene rings is 2. The Hall–Kier alpha value is -1.94. The summed E-state index contributed by atoms with van der Waals surface area (Å²) in [6.45, 7) is 0.817. The molecule has 1 saturated heterocycles. The Kier molecular flexibility index (Phi) is 4.68. The molecule has 1 aliphatic heterocycles. The van der Waals surface area contributed by atoms with Crippen molar-refractivity contribution in [1.29, 1.82) is 0 Å². The Morgan fingerprint density at radius 2 is 1.86 bits per heavy atom. The standard InChI is InChI=1S/C18H20N2OS/c19-16-8-6-14(7-9-16)12-18(21)20-10-11-22-13-17(20)15-4-2-1-3-5-15/h1-9,17H,10-13,19H2. The second-order valence-electron chi connectivity index (χ2n) is 5.51. The van der Waals surface area contributed by atoms with Crippen LogP contribution >= 0.6 is 11.8 Å². The van der Waals surface area contributed by atoms with Crippen molar-refractivity contribution < 1.29 is 4.79 Å². The van der Waals surface area contributed by atoms with Crippen molar-refractivity contribution in [3.05, 3.63) is 65.7 Å². The van der Waals surface area contributed by atoms with E-state index in [-0.39, 0.29) is 11.9 Å². The predicted octanol–water partition coefficient (Wildman–Crippen LogP) is 3.13. The molecule has 1 unspecified atom stereocenters. The summed E-state index contributed by atoms with van der Waals surface area (Å²) in [7, 11) is 0. The van der Waals surface area contributed by atoms with E-state index in [4.69, 9.17) is 5.73 Å². The van der Waals surface area contributed by atoms with Crippen LogP contribution in [0.15, 0.2) is 54.6 Å². The average molecular weight is 312 g/mol. The third-order valence-corrected chi connectivity index (χ3v) is 4.99. The Balaban J connectivity index is 1.75. The fourth-order valence-electron chi connectivity index (χ4n) is 2.77. The van der Waals surface area contributed by atoms with Gasteiger partial charge in [0.1, 0.15) is 0 Å². The molecule has 2 N–H and O–H groups in total. The van der Waals surface area contributed by atoms with Crippen LogP contribution in [0.25, 0.3) is 0 Å². The van der Waals surface area contributed by atoms with Crippen molar-refractivity contribution in [3.63, 3.8) is 0 Å². The summed E-state index contributed by atoms with van der Waals surface area (Å²) in [5.74, 6) is 2.17. The van der Waals surface area contributed by atoms with E-state index >= 15 is 0 Å². The van der Waals surface area contributed by atoms with Crippen LogP contribution in [0.1, 0.15) is 17.2 Å². The molecule has 114 valence electrons. The van der Waals surface area contributed by atoms with Gasteiger partial charge in [0, 0.05) is 23.7 Å². The molecule has 1 heterocycles. The van der Waals surface area contributed by atoms with Crippen molar-refractivity contribution in [2.24, 2.45) is 0 Å². The van der Waals surface area contributed by atoms with Gasteiger partial charge in [-0.25, -0.2) is 0 Å². The maximum absolute atomic E-state index is 12.7. The van der Waals surface area contributed by atoms with Crippen molar-refractivity contribution in [2.45, 2.75) is 12.5 Å². The monoisotopic (exact) mass is 312 g/mol. The van der Waals surface area contributed by atoms with Crippen molar-refractivity contribution >= 4 is 23.4 Å². The largest absolute Gasteiger partial charge is 0.399 e. The Labute approximate surface area is 135 Å². The van der Waals surface area contributed by atoms with Gasteiger partial charge < -0.3 is 10.6 Å². The number of carbonyl (C=O) groups excluding carboxylic acids is 1. The highest BCUT2D eigenvalue weighted by atomic mass is 32.2. The van der Waals surface area contributed by atoms with Crippen molar-refractivity contribution in [1.82, 2.24) is 4.90 Å². The molecule has 2 aromatic carbocycles. The summed E-state index contributed by atoms with van der Waals surface area (Å²) in [6.07, 6.45) is 0.439. The molecule has 3 rings (SSSR count). The molecule has 1 aliphatic rings. The maximum atomic E-state index is 12.7. The van der Waals surface area contributed by atoms with E-state index in [1.807, 2.05) is 59.1 Å². The summed E-state index contributed by atoms with van der Waals surface area (Å²) in [5.41, 5.74) is 8.67. The van der Waals surface area contributed by atoms with E-state index in [2.05, 4.69) is 12.1 Å². The number of amides is 1. The first-order chi connectivity index (χ1) is 10.7. The molecule has 1 fully saturated rings. The third-order valence-electron chi connectivity index (χ3n) is 3.97. The summed E-state index contributed by atoms with van der Waals surface area (Å²) < 4.78 is 0. The Bertz CT molecular complexity index is 627. The minimum Gasteiger partial charge on any atom is -0.399 e. The minimum absolute atomic E-state index is 0.182. The van der Waals surface area contributed by atoms with Crippen LogP contribution in [-0.4, -0.2) is 28.9 Å². The number of nitrogens with zero attached hydrogens (tertiary/aromatic N) is 1. The van der Waals surface area contributed by atoms with Crippen LogP contribution in [-0.2, 0) is 11.2 Å². The van der Waals surface area contributed by atoms with Crippen LogP contribution in [0.5, 0.6) is 0 Å². The number of anilines is 1. The lowest BCUT2D eigenvalue weighted by Gasteiger charge is -2.36. The number of hydrogen-bond acceptors (Lipinski definition) is 3. The predicted molar refractivity (Wildman–Crippen MR) is 92.8 cm³/mol. The molecule has 0 spiro atoms. The molecule has 0 aromatic heterocycles. The topological polar surface area (TPSA) is 46.3 Å². The molecule has 0 saturated carbocycles. The van der Waals surface area contributed by atoms with Gasteiger partial charge in [0.15, 0.2) is 0 Å². The van der Waals surface area contributed by atoms with Crippen LogP contribution in [0.2, 0.25) is 0 Å². The summed E-state index contributed by atoms with van der Waals surface area (Å²) in [6, 6.07) is 18.1. The lowest BCUT2D eigenvalue weighted by atomic mass is 10.0. The first-order valence-corrected chi connectivity index (χ1v) is 8.66. The first kappa shape index (κ1) is 15.0. The number of nitrogen functional groups attached to an aromatic ring is 1. The third kappa shape index (κ3) is 3.45. The number of nitrogens with two attached hydrogens (primary N) is 1. The zero-order chi connectivity index (χ0) is 15.4. The molecule has 1 amide bonds. The van der Waals surface area contributed by atoms with E-state index in [9.17, 15) is 4.79 Å². The zero-order valence-corrected chi connectivity index (χ0v) is 13.3. The van der Waals surface area contributed by atoms with Crippen LogP contribution in [0.4, 0.5) is 5.69 Å². The average Bonchev–Trinajstić information content (AvgIpc) is 2.58. The van der Waals surface area contributed by atoms with Gasteiger partial charge in [-0.3, -0.25) is 4.79 Å². The van der Waals surface area contributed by atoms with Gasteiger partial charge in [-0.05, 0) is 23.3 Å². The van der Waals surface area contributed by atoms with Gasteiger partial charge in [-0.2, -0.15) is 11.8 Å². The lowest BCUT2D eigenvalue weighted by Crippen LogP contribution is -2.41. The van der Waals surface area contributed by atoms with Crippen LogP contribution < -0.4 is 5.73 Å². The number of carbonyl (C=O) groups is 1. The molecule has 0 radical (unpaired) electrons. The van der Waals surface area contributed by atoms with Crippen LogP contribution in [0.3, 0.4) is 0 Å². The fraction of sp³-hybridized carbons (Fsp3) is 0.278. The van der Waals surface area contributed by atoms with Gasteiger partial charge in [0.05, 0.1) is 12.5 Å². The van der Waals surface area contributed by atoms with E-state index < -0.39 is 0 Å². The zero-order valence-electron chi connectivity index (χ0n) is 12.4. The summed E-state index contributed by atoms with van der Waals surface area (Å²) in [5, 5.41) is 0. The second kappa shape index (κ2) is 6.88. The van der Waals surface area contributed by atoms with Gasteiger partial charge in [0.25, 0.3) is 0 Å². The minimum atomic E-state index is 0.182. The normalized spacial score (nSPS) is 18.2. The molecular formula is C18H20N2OS. The van der Waals surface area contributed by atoms with E-state index in [1.54, 1.807) is 0 Å². The fourth-order valence-corrected chi connectivity index (χ4v) is 3.85. The molecule has 0 bridgehead atoms. The van der Waals surface area contributed by atoms with Gasteiger partial charge in [-0.1, -0.05) is 42.5 Å². The van der Waals surface area contributed by atoms with E-state index in [0.717, 1.165) is 29.3 Å². The molecule has 4 heteroatoms. The molecule has 2 aromatic rings. The molecule has 3 nitrogen and oxygen atoms in total. The summed E-state index contributed by atoms with van der Waals surface area (Å²) in [4.78, 5) is 14.8. The highest BCUT2D eigenvalue weighted by Gasteiger charge is 2.27. The smallest absolute Gasteiger partial charge is 0.227 e. The lowest BCUT2D eigenvalue weighted by molar-refractivity contribution is -0.132. The molecule has 0 aliphatic carbocycles. The van der Waals surface area contributed by atoms with Crippen molar-refractivity contribution in [2.75, 3.05) is 23.8 Å². The van der Waals surface area contributed by atoms with Crippen molar-refractivity contribution in [3.8, 4) is 0 Å². The van der Waals surface area contributed by atoms with Gasteiger partial charge in [0.2, 0.25) is 5.91 Å². The SMILES string of the molecule is Nc1ccc(CC(=O)N2CCSCC2c2ccccc2)cc1. The highest BCUT2D eigenvalue weighted by Crippen LogP contribution is 2.30. The highest BCUT2D eigenvalue weighted by molar-refractivity contribution is 7.99. The van der Waals surface area contributed by atoms with E-state index in [1.165, 1.54) is 5.56 Å². The van der Waals surface area contributed by atoms with E-state index in [0.29, 0.717) is 6.42 Å². The van der Waals surface area contributed by atoms with Gasteiger partial charge >= 0.3 is 0 Å². The summed E-state index contributed by atoms with van der Waals surface area (Å²) >= 11 is 1.92. The molecule has 1 atom stereocenters. The van der Waals surface area contributed by atoms with Gasteiger partial charge in [-0.15, -0.1) is 0 Å².